The minimum Gasteiger partial charge on any atom is -0.326 e. The lowest BCUT2D eigenvalue weighted by Gasteiger charge is -2.15. The monoisotopic (exact) mass is 421 g/mol. The Labute approximate surface area is 182 Å². The van der Waals surface area contributed by atoms with Gasteiger partial charge >= 0.3 is 0 Å². The molecule has 0 unspecified atom stereocenters. The number of nitrogens with one attached hydrogen (secondary N) is 1. The first-order valence-corrected chi connectivity index (χ1v) is 11.2. The molecule has 30 heavy (non-hydrogen) atoms. The van der Waals surface area contributed by atoms with E-state index in [1.807, 2.05) is 56.0 Å². The number of carbonyl (C=O) groups excluding carboxylic acids is 2. The number of thioether (sulfide) groups is 1. The third kappa shape index (κ3) is 4.43. The van der Waals surface area contributed by atoms with Crippen molar-refractivity contribution < 1.29 is 9.59 Å². The van der Waals surface area contributed by atoms with Gasteiger partial charge in [0.05, 0.1) is 5.69 Å². The molecule has 0 bridgehead atoms. The van der Waals surface area contributed by atoms with Gasteiger partial charge in [0.25, 0.3) is 0 Å². The molecule has 0 radical (unpaired) electrons. The molecule has 1 saturated carbocycles. The van der Waals surface area contributed by atoms with Gasteiger partial charge in [-0.3, -0.25) is 14.5 Å². The Kier molecular flexibility index (Phi) is 5.69. The number of amidine groups is 1. The summed E-state index contributed by atoms with van der Waals surface area (Å²) in [7, 11) is 0. The average molecular weight is 422 g/mol. The largest absolute Gasteiger partial charge is 0.326 e. The van der Waals surface area contributed by atoms with Gasteiger partial charge in [-0.1, -0.05) is 41.6 Å². The van der Waals surface area contributed by atoms with Gasteiger partial charge in [0.1, 0.15) is 5.25 Å². The first-order valence-electron chi connectivity index (χ1n) is 10.3. The summed E-state index contributed by atoms with van der Waals surface area (Å²) in [6.07, 6.45) is 2.14. The maximum Gasteiger partial charge on any atom is 0.242 e. The number of carbonyl (C=O) groups is 2. The van der Waals surface area contributed by atoms with Gasteiger partial charge in [0, 0.05) is 18.2 Å². The molecular weight excluding hydrogens is 394 g/mol. The van der Waals surface area contributed by atoms with Crippen LogP contribution >= 0.6 is 11.8 Å². The van der Waals surface area contributed by atoms with E-state index in [2.05, 4.69) is 18.3 Å². The van der Waals surface area contributed by atoms with Gasteiger partial charge in [0.2, 0.25) is 11.8 Å². The van der Waals surface area contributed by atoms with E-state index >= 15 is 0 Å². The van der Waals surface area contributed by atoms with Crippen LogP contribution in [0.3, 0.4) is 0 Å². The van der Waals surface area contributed by atoms with Crippen LogP contribution in [-0.4, -0.2) is 33.2 Å². The van der Waals surface area contributed by atoms with E-state index in [9.17, 15) is 9.59 Å². The van der Waals surface area contributed by atoms with Crippen LogP contribution in [0.1, 0.15) is 41.5 Å². The summed E-state index contributed by atoms with van der Waals surface area (Å²) in [5.74, 6) is -0.139. The molecule has 5 nitrogen and oxygen atoms in total. The van der Waals surface area contributed by atoms with Crippen LogP contribution < -0.4 is 5.32 Å². The van der Waals surface area contributed by atoms with E-state index in [1.165, 1.54) is 17.3 Å². The minimum absolute atomic E-state index is 0.00197. The number of amides is 2. The number of rotatable bonds is 5. The van der Waals surface area contributed by atoms with Crippen molar-refractivity contribution in [1.82, 2.24) is 4.90 Å². The summed E-state index contributed by atoms with van der Waals surface area (Å²) < 4.78 is 0. The molecule has 1 atom stereocenters. The van der Waals surface area contributed by atoms with Crippen molar-refractivity contribution in [3.8, 4) is 0 Å². The Balaban J connectivity index is 1.52. The fourth-order valence-corrected chi connectivity index (χ4v) is 4.84. The van der Waals surface area contributed by atoms with Crippen LogP contribution in [0.15, 0.2) is 41.4 Å². The maximum atomic E-state index is 13.1. The SMILES string of the molecule is Cc1ccc(N=C2S[C@H](CC(=O)Nc3cc(C)ccc3C)C(=O)N2C2CC2)c(C)c1. The maximum absolute atomic E-state index is 13.1. The summed E-state index contributed by atoms with van der Waals surface area (Å²) in [6.45, 7) is 8.05. The van der Waals surface area contributed by atoms with E-state index in [0.29, 0.717) is 0 Å². The van der Waals surface area contributed by atoms with Gasteiger partial charge in [-0.05, 0) is 69.4 Å². The van der Waals surface area contributed by atoms with Crippen molar-refractivity contribution in [2.45, 2.75) is 58.2 Å². The molecule has 1 saturated heterocycles. The van der Waals surface area contributed by atoms with Crippen LogP contribution in [0.2, 0.25) is 0 Å². The molecule has 2 aromatic carbocycles. The molecule has 2 fully saturated rings. The zero-order valence-corrected chi connectivity index (χ0v) is 18.7. The van der Waals surface area contributed by atoms with Gasteiger partial charge in [0.15, 0.2) is 5.17 Å². The number of hydrogen-bond donors (Lipinski definition) is 1. The predicted molar refractivity (Wildman–Crippen MR) is 123 cm³/mol. The number of aliphatic imine (C=N–C) groups is 1. The minimum atomic E-state index is -0.430. The zero-order chi connectivity index (χ0) is 21.4. The van der Waals surface area contributed by atoms with Crippen LogP contribution in [0.25, 0.3) is 0 Å². The van der Waals surface area contributed by atoms with E-state index in [1.54, 1.807) is 0 Å². The predicted octanol–water partition coefficient (Wildman–Crippen LogP) is 5.04. The lowest BCUT2D eigenvalue weighted by molar-refractivity contribution is -0.128. The highest BCUT2D eigenvalue weighted by Gasteiger charge is 2.46. The Morgan fingerprint density at radius 1 is 1.07 bits per heavy atom. The molecule has 0 spiro atoms. The second kappa shape index (κ2) is 8.26. The number of benzene rings is 2. The normalized spacial score (nSPS) is 20.1. The molecule has 1 heterocycles. The molecule has 2 amide bonds. The van der Waals surface area contributed by atoms with E-state index in [-0.39, 0.29) is 24.3 Å². The Hall–Kier alpha value is -2.60. The highest BCUT2D eigenvalue weighted by atomic mass is 32.2. The van der Waals surface area contributed by atoms with Crippen molar-refractivity contribution in [3.05, 3.63) is 58.7 Å². The van der Waals surface area contributed by atoms with E-state index in [4.69, 9.17) is 4.99 Å². The first-order chi connectivity index (χ1) is 14.3. The zero-order valence-electron chi connectivity index (χ0n) is 17.9. The third-order valence-corrected chi connectivity index (χ3v) is 6.64. The van der Waals surface area contributed by atoms with Crippen molar-refractivity contribution in [3.63, 3.8) is 0 Å². The lowest BCUT2D eigenvalue weighted by Crippen LogP contribution is -2.35. The number of anilines is 1. The van der Waals surface area contributed by atoms with Gasteiger partial charge in [-0.2, -0.15) is 0 Å². The molecule has 6 heteroatoms. The number of hydrogen-bond acceptors (Lipinski definition) is 4. The molecule has 1 aliphatic heterocycles. The van der Waals surface area contributed by atoms with Gasteiger partial charge < -0.3 is 5.32 Å². The van der Waals surface area contributed by atoms with Gasteiger partial charge in [-0.25, -0.2) is 4.99 Å². The van der Waals surface area contributed by atoms with Crippen molar-refractivity contribution in [1.29, 1.82) is 0 Å². The number of aryl methyl sites for hydroxylation is 4. The van der Waals surface area contributed by atoms with E-state index < -0.39 is 5.25 Å². The average Bonchev–Trinajstić information content (AvgIpc) is 3.46. The standard InChI is InChI=1S/C24H27N3O2S/c1-14-6-10-19(17(4)11-14)26-24-27(18-8-9-18)23(29)21(30-24)13-22(28)25-20-12-15(2)5-7-16(20)3/h5-7,10-12,18,21H,8-9,13H2,1-4H3,(H,25,28)/t21-/m1/s1. The van der Waals surface area contributed by atoms with Crippen molar-refractivity contribution >= 4 is 40.1 Å². The Morgan fingerprint density at radius 3 is 2.47 bits per heavy atom. The second-order valence-corrected chi connectivity index (χ2v) is 9.47. The highest BCUT2D eigenvalue weighted by Crippen LogP contribution is 2.40. The summed E-state index contributed by atoms with van der Waals surface area (Å²) in [6, 6.07) is 12.3. The van der Waals surface area contributed by atoms with Crippen molar-refractivity contribution in [2.75, 3.05) is 5.32 Å². The van der Waals surface area contributed by atoms with Crippen LogP contribution in [0, 0.1) is 27.7 Å². The number of nitrogens with zero attached hydrogens (tertiary/aromatic N) is 2. The first kappa shape index (κ1) is 20.7. The highest BCUT2D eigenvalue weighted by molar-refractivity contribution is 8.15. The summed E-state index contributed by atoms with van der Waals surface area (Å²) in [5.41, 5.74) is 6.05. The fourth-order valence-electron chi connectivity index (χ4n) is 3.64. The van der Waals surface area contributed by atoms with Gasteiger partial charge in [-0.15, -0.1) is 0 Å². The molecule has 2 aliphatic rings. The summed E-state index contributed by atoms with van der Waals surface area (Å²) >= 11 is 1.41. The summed E-state index contributed by atoms with van der Waals surface area (Å²) in [4.78, 5) is 32.4. The van der Waals surface area contributed by atoms with E-state index in [0.717, 1.165) is 46.1 Å². The fraction of sp³-hybridized carbons (Fsp3) is 0.375. The molecular formula is C24H27N3O2S. The molecule has 4 rings (SSSR count). The third-order valence-electron chi connectivity index (χ3n) is 5.48. The molecule has 2 aromatic rings. The topological polar surface area (TPSA) is 61.8 Å². The molecule has 156 valence electrons. The van der Waals surface area contributed by atoms with Crippen LogP contribution in [0.5, 0.6) is 0 Å². The second-order valence-electron chi connectivity index (χ2n) is 8.30. The molecule has 1 N–H and O–H groups in total. The Bertz CT molecular complexity index is 1040. The molecule has 1 aliphatic carbocycles. The smallest absolute Gasteiger partial charge is 0.242 e. The molecule has 0 aromatic heterocycles. The van der Waals surface area contributed by atoms with Crippen molar-refractivity contribution in [2.24, 2.45) is 4.99 Å². The summed E-state index contributed by atoms with van der Waals surface area (Å²) in [5, 5.41) is 3.27. The quantitative estimate of drug-likeness (QED) is 0.735. The lowest BCUT2D eigenvalue weighted by atomic mass is 10.1. The Morgan fingerprint density at radius 2 is 1.77 bits per heavy atom. The van der Waals surface area contributed by atoms with Crippen LogP contribution in [0.4, 0.5) is 11.4 Å². The van der Waals surface area contributed by atoms with Crippen LogP contribution in [-0.2, 0) is 9.59 Å².